The topological polar surface area (TPSA) is 85.4 Å². The van der Waals surface area contributed by atoms with Crippen LogP contribution in [0.3, 0.4) is 0 Å². The monoisotopic (exact) mass is 366 g/mol. The number of ether oxygens (including phenoxy) is 2. The van der Waals surface area contributed by atoms with Crippen LogP contribution in [0.2, 0.25) is 0 Å². The second-order valence-electron chi connectivity index (χ2n) is 5.73. The minimum Gasteiger partial charge on any atom is -0.486 e. The molecule has 0 bridgehead atoms. The van der Waals surface area contributed by atoms with E-state index in [1.165, 1.54) is 24.5 Å². The number of carbonyl (C=O) groups excluding carboxylic acids is 1. The average Bonchev–Trinajstić information content (AvgIpc) is 2.70. The predicted octanol–water partition coefficient (Wildman–Crippen LogP) is 3.38. The Morgan fingerprint density at radius 1 is 0.926 bits per heavy atom. The first kappa shape index (κ1) is 16.8. The zero-order chi connectivity index (χ0) is 18.6. The van der Waals surface area contributed by atoms with Gasteiger partial charge in [0.15, 0.2) is 11.5 Å². The highest BCUT2D eigenvalue weighted by Crippen LogP contribution is 2.32. The van der Waals surface area contributed by atoms with E-state index in [9.17, 15) is 9.18 Å². The molecule has 2 heterocycles. The summed E-state index contributed by atoms with van der Waals surface area (Å²) >= 11 is 0. The van der Waals surface area contributed by atoms with Crippen LogP contribution in [0.1, 0.15) is 10.5 Å². The van der Waals surface area contributed by atoms with E-state index in [2.05, 4.69) is 20.6 Å². The molecule has 0 radical (unpaired) electrons. The molecule has 0 atom stereocenters. The van der Waals surface area contributed by atoms with Crippen molar-refractivity contribution in [2.45, 2.75) is 0 Å². The molecule has 7 nitrogen and oxygen atoms in total. The van der Waals surface area contributed by atoms with E-state index in [-0.39, 0.29) is 11.5 Å². The molecule has 2 aromatic carbocycles. The van der Waals surface area contributed by atoms with Gasteiger partial charge >= 0.3 is 0 Å². The predicted molar refractivity (Wildman–Crippen MR) is 97.1 cm³/mol. The summed E-state index contributed by atoms with van der Waals surface area (Å²) < 4.78 is 23.9. The average molecular weight is 366 g/mol. The molecule has 0 fully saturated rings. The van der Waals surface area contributed by atoms with Gasteiger partial charge in [-0.05, 0) is 36.4 Å². The molecular weight excluding hydrogens is 351 g/mol. The number of hydrogen-bond donors (Lipinski definition) is 2. The van der Waals surface area contributed by atoms with Gasteiger partial charge in [0.05, 0.1) is 12.4 Å². The van der Waals surface area contributed by atoms with E-state index in [1.807, 2.05) is 0 Å². The summed E-state index contributed by atoms with van der Waals surface area (Å²) in [6.07, 6.45) is 2.79. The SMILES string of the molecule is O=C(Nc1ccc2c(c1)OCCO2)c1cnc(Nc2ccc(F)cc2)cn1. The van der Waals surface area contributed by atoms with E-state index in [1.54, 1.807) is 30.3 Å². The number of fused-ring (bicyclic) bond motifs is 1. The Bertz CT molecular complexity index is 962. The first-order chi connectivity index (χ1) is 13.2. The fraction of sp³-hybridized carbons (Fsp3) is 0.105. The molecule has 3 aromatic rings. The summed E-state index contributed by atoms with van der Waals surface area (Å²) in [5.41, 5.74) is 1.40. The minimum absolute atomic E-state index is 0.162. The Morgan fingerprint density at radius 2 is 1.67 bits per heavy atom. The molecule has 0 saturated heterocycles. The molecular formula is C19H15FN4O3. The fourth-order valence-corrected chi connectivity index (χ4v) is 2.51. The van der Waals surface area contributed by atoms with Crippen molar-refractivity contribution in [1.29, 1.82) is 0 Å². The molecule has 136 valence electrons. The van der Waals surface area contributed by atoms with Gasteiger partial charge < -0.3 is 20.1 Å². The molecule has 0 unspecified atom stereocenters. The third kappa shape index (κ3) is 3.95. The Kier molecular flexibility index (Phi) is 4.52. The maximum atomic E-state index is 12.9. The molecule has 1 amide bonds. The van der Waals surface area contributed by atoms with Crippen molar-refractivity contribution in [3.8, 4) is 11.5 Å². The lowest BCUT2D eigenvalue weighted by Crippen LogP contribution is -2.17. The number of rotatable bonds is 4. The zero-order valence-electron chi connectivity index (χ0n) is 14.1. The van der Waals surface area contributed by atoms with Gasteiger partial charge in [-0.1, -0.05) is 0 Å². The quantitative estimate of drug-likeness (QED) is 0.736. The number of benzene rings is 2. The number of halogens is 1. The van der Waals surface area contributed by atoms with E-state index in [0.29, 0.717) is 41.9 Å². The van der Waals surface area contributed by atoms with Crippen LogP contribution in [-0.2, 0) is 0 Å². The highest BCUT2D eigenvalue weighted by atomic mass is 19.1. The van der Waals surface area contributed by atoms with Crippen molar-refractivity contribution >= 4 is 23.1 Å². The summed E-state index contributed by atoms with van der Waals surface area (Å²) in [5.74, 6) is 0.960. The normalized spacial score (nSPS) is 12.3. The Labute approximate surface area is 154 Å². The first-order valence-corrected chi connectivity index (χ1v) is 8.23. The molecule has 2 N–H and O–H groups in total. The largest absolute Gasteiger partial charge is 0.486 e. The van der Waals surface area contributed by atoms with Gasteiger partial charge in [-0.3, -0.25) is 4.79 Å². The number of carbonyl (C=O) groups is 1. The van der Waals surface area contributed by atoms with Crippen molar-refractivity contribution in [3.05, 3.63) is 66.4 Å². The lowest BCUT2D eigenvalue weighted by molar-refractivity contribution is 0.102. The van der Waals surface area contributed by atoms with Gasteiger partial charge in [-0.25, -0.2) is 14.4 Å². The molecule has 0 spiro atoms. The smallest absolute Gasteiger partial charge is 0.275 e. The lowest BCUT2D eigenvalue weighted by Gasteiger charge is -2.18. The van der Waals surface area contributed by atoms with Crippen LogP contribution < -0.4 is 20.1 Å². The minimum atomic E-state index is -0.396. The van der Waals surface area contributed by atoms with Gasteiger partial charge in [0.25, 0.3) is 5.91 Å². The maximum absolute atomic E-state index is 12.9. The number of anilines is 3. The number of aromatic nitrogens is 2. The van der Waals surface area contributed by atoms with Crippen molar-refractivity contribution in [2.24, 2.45) is 0 Å². The molecule has 0 aliphatic carbocycles. The summed E-state index contributed by atoms with van der Waals surface area (Å²) in [4.78, 5) is 20.6. The summed E-state index contributed by atoms with van der Waals surface area (Å²) in [6, 6.07) is 11.0. The molecule has 1 aromatic heterocycles. The van der Waals surface area contributed by atoms with E-state index < -0.39 is 5.91 Å². The van der Waals surface area contributed by atoms with Crippen molar-refractivity contribution in [2.75, 3.05) is 23.8 Å². The first-order valence-electron chi connectivity index (χ1n) is 8.23. The zero-order valence-corrected chi connectivity index (χ0v) is 14.1. The number of nitrogens with zero attached hydrogens (tertiary/aromatic N) is 2. The lowest BCUT2D eigenvalue weighted by atomic mass is 10.2. The molecule has 1 aliphatic heterocycles. The van der Waals surface area contributed by atoms with Crippen LogP contribution in [0.4, 0.5) is 21.6 Å². The van der Waals surface area contributed by atoms with Crippen molar-refractivity contribution < 1.29 is 18.7 Å². The summed E-state index contributed by atoms with van der Waals surface area (Å²) in [5, 5.41) is 5.72. The van der Waals surface area contributed by atoms with Gasteiger partial charge in [-0.2, -0.15) is 0 Å². The van der Waals surface area contributed by atoms with Gasteiger partial charge in [0.1, 0.15) is 30.5 Å². The highest BCUT2D eigenvalue weighted by Gasteiger charge is 2.14. The third-order valence-corrected chi connectivity index (χ3v) is 3.80. The third-order valence-electron chi connectivity index (χ3n) is 3.80. The van der Waals surface area contributed by atoms with Crippen molar-refractivity contribution in [1.82, 2.24) is 9.97 Å². The van der Waals surface area contributed by atoms with Gasteiger partial charge in [0.2, 0.25) is 0 Å². The standard InChI is InChI=1S/C19H15FN4O3/c20-12-1-3-13(4-2-12)23-18-11-21-15(10-22-18)19(25)24-14-5-6-16-17(9-14)27-8-7-26-16/h1-6,9-11H,7-8H2,(H,22,23)(H,24,25). The fourth-order valence-electron chi connectivity index (χ4n) is 2.51. The Morgan fingerprint density at radius 3 is 2.41 bits per heavy atom. The maximum Gasteiger partial charge on any atom is 0.275 e. The highest BCUT2D eigenvalue weighted by molar-refractivity contribution is 6.02. The number of hydrogen-bond acceptors (Lipinski definition) is 6. The Hall–Kier alpha value is -3.68. The van der Waals surface area contributed by atoms with Gasteiger partial charge in [-0.15, -0.1) is 0 Å². The summed E-state index contributed by atoms with van der Waals surface area (Å²) in [7, 11) is 0. The summed E-state index contributed by atoms with van der Waals surface area (Å²) in [6.45, 7) is 0.977. The van der Waals surface area contributed by atoms with E-state index in [0.717, 1.165) is 0 Å². The second kappa shape index (κ2) is 7.28. The molecule has 1 aliphatic rings. The van der Waals surface area contributed by atoms with E-state index in [4.69, 9.17) is 9.47 Å². The number of amides is 1. The van der Waals surface area contributed by atoms with Crippen LogP contribution in [-0.4, -0.2) is 29.1 Å². The van der Waals surface area contributed by atoms with Crippen LogP contribution in [0.15, 0.2) is 54.9 Å². The second-order valence-corrected chi connectivity index (χ2v) is 5.73. The van der Waals surface area contributed by atoms with Crippen molar-refractivity contribution in [3.63, 3.8) is 0 Å². The molecule has 4 rings (SSSR count). The van der Waals surface area contributed by atoms with Crippen LogP contribution >= 0.6 is 0 Å². The number of nitrogens with one attached hydrogen (secondary N) is 2. The van der Waals surface area contributed by atoms with Gasteiger partial charge in [0, 0.05) is 17.4 Å². The van der Waals surface area contributed by atoms with E-state index >= 15 is 0 Å². The molecule has 8 heteroatoms. The van der Waals surface area contributed by atoms with Crippen LogP contribution in [0.25, 0.3) is 0 Å². The molecule has 0 saturated carbocycles. The van der Waals surface area contributed by atoms with Crippen LogP contribution in [0.5, 0.6) is 11.5 Å². The van der Waals surface area contributed by atoms with Crippen LogP contribution in [0, 0.1) is 5.82 Å². The Balaban J connectivity index is 1.42. The molecule has 27 heavy (non-hydrogen) atoms.